The molecule has 0 spiro atoms. The first-order chi connectivity index (χ1) is 7.05. The number of carbonyl (C=O) groups is 1. The maximum Gasteiger partial charge on any atom is 0.371 e. The molecule has 1 aromatic rings. The highest BCUT2D eigenvalue weighted by Crippen LogP contribution is 2.43. The van der Waals surface area contributed by atoms with Crippen LogP contribution < -0.4 is 0 Å². The van der Waals surface area contributed by atoms with E-state index in [9.17, 15) is 9.90 Å². The van der Waals surface area contributed by atoms with Crippen molar-refractivity contribution in [2.24, 2.45) is 0 Å². The van der Waals surface area contributed by atoms with Crippen molar-refractivity contribution in [2.75, 3.05) is 7.11 Å². The second-order valence-corrected chi connectivity index (χ2v) is 3.77. The van der Waals surface area contributed by atoms with E-state index in [0.717, 1.165) is 0 Å². The van der Waals surface area contributed by atoms with Crippen molar-refractivity contribution < 1.29 is 24.2 Å². The largest absolute Gasteiger partial charge is 0.475 e. The van der Waals surface area contributed by atoms with Crippen LogP contribution in [0.1, 0.15) is 29.2 Å². The van der Waals surface area contributed by atoms with Gasteiger partial charge in [-0.05, 0) is 12.1 Å². The molecule has 2 rings (SSSR count). The molecule has 15 heavy (non-hydrogen) atoms. The molecule has 0 aromatic carbocycles. The van der Waals surface area contributed by atoms with Crippen molar-refractivity contribution in [2.45, 2.75) is 24.5 Å². The smallest absolute Gasteiger partial charge is 0.371 e. The molecule has 1 heterocycles. The Kier molecular flexibility index (Phi) is 2.28. The predicted molar refractivity (Wildman–Crippen MR) is 49.6 cm³/mol. The summed E-state index contributed by atoms with van der Waals surface area (Å²) in [7, 11) is 1.58. The lowest BCUT2D eigenvalue weighted by molar-refractivity contribution is -0.143. The van der Waals surface area contributed by atoms with Crippen LogP contribution in [0, 0.1) is 0 Å². The van der Waals surface area contributed by atoms with E-state index in [0.29, 0.717) is 18.6 Å². The lowest BCUT2D eigenvalue weighted by Crippen LogP contribution is -2.45. The molecule has 0 amide bonds. The summed E-state index contributed by atoms with van der Waals surface area (Å²) in [6.45, 7) is 0. The number of aromatic carboxylic acids is 1. The van der Waals surface area contributed by atoms with Crippen molar-refractivity contribution in [1.82, 2.24) is 0 Å². The van der Waals surface area contributed by atoms with Crippen LogP contribution in [-0.4, -0.2) is 29.4 Å². The number of hydrogen-bond donors (Lipinski definition) is 2. The van der Waals surface area contributed by atoms with E-state index < -0.39 is 11.6 Å². The first kappa shape index (κ1) is 10.2. The fraction of sp³-hybridized carbons (Fsp3) is 0.500. The van der Waals surface area contributed by atoms with Crippen LogP contribution >= 0.6 is 0 Å². The minimum Gasteiger partial charge on any atom is -0.475 e. The van der Waals surface area contributed by atoms with Gasteiger partial charge < -0.3 is 19.4 Å². The van der Waals surface area contributed by atoms with Crippen molar-refractivity contribution in [3.05, 3.63) is 23.7 Å². The fourth-order valence-corrected chi connectivity index (χ4v) is 1.76. The number of hydrogen-bond acceptors (Lipinski definition) is 4. The average Bonchev–Trinajstić information content (AvgIpc) is 2.61. The van der Waals surface area contributed by atoms with Gasteiger partial charge in [0, 0.05) is 20.0 Å². The van der Waals surface area contributed by atoms with Crippen LogP contribution in [0.2, 0.25) is 0 Å². The number of methoxy groups -OCH3 is 1. The normalized spacial score (nSPS) is 29.9. The van der Waals surface area contributed by atoms with Gasteiger partial charge in [-0.3, -0.25) is 0 Å². The molecule has 5 heteroatoms. The second-order valence-electron chi connectivity index (χ2n) is 3.77. The van der Waals surface area contributed by atoms with E-state index in [1.807, 2.05) is 0 Å². The molecule has 1 aromatic heterocycles. The summed E-state index contributed by atoms with van der Waals surface area (Å²) in [5.74, 6) is -0.986. The molecule has 0 saturated heterocycles. The van der Waals surface area contributed by atoms with Crippen LogP contribution in [-0.2, 0) is 10.3 Å². The topological polar surface area (TPSA) is 79.9 Å². The Hall–Kier alpha value is -1.33. The first-order valence-electron chi connectivity index (χ1n) is 4.64. The van der Waals surface area contributed by atoms with Crippen molar-refractivity contribution in [3.63, 3.8) is 0 Å². The van der Waals surface area contributed by atoms with E-state index >= 15 is 0 Å². The van der Waals surface area contributed by atoms with Gasteiger partial charge in [0.05, 0.1) is 6.10 Å². The summed E-state index contributed by atoms with van der Waals surface area (Å²) in [4.78, 5) is 10.6. The molecule has 0 aliphatic heterocycles. The van der Waals surface area contributed by atoms with E-state index in [-0.39, 0.29) is 11.9 Å². The van der Waals surface area contributed by atoms with Crippen molar-refractivity contribution in [3.8, 4) is 0 Å². The zero-order valence-corrected chi connectivity index (χ0v) is 8.27. The molecule has 0 radical (unpaired) electrons. The molecule has 0 unspecified atom stereocenters. The van der Waals surface area contributed by atoms with Gasteiger partial charge in [-0.15, -0.1) is 0 Å². The third kappa shape index (κ3) is 1.64. The molecular formula is C10H12O5. The molecular weight excluding hydrogens is 200 g/mol. The van der Waals surface area contributed by atoms with Crippen molar-refractivity contribution >= 4 is 5.97 Å². The van der Waals surface area contributed by atoms with Crippen LogP contribution in [0.25, 0.3) is 0 Å². The zero-order valence-electron chi connectivity index (χ0n) is 8.27. The zero-order chi connectivity index (χ0) is 11.1. The highest BCUT2D eigenvalue weighted by molar-refractivity contribution is 5.84. The minimum atomic E-state index is -1.13. The molecule has 0 bridgehead atoms. The second kappa shape index (κ2) is 3.36. The Morgan fingerprint density at radius 1 is 1.60 bits per heavy atom. The van der Waals surface area contributed by atoms with Crippen LogP contribution in [0.3, 0.4) is 0 Å². The summed E-state index contributed by atoms with van der Waals surface area (Å²) in [5.41, 5.74) is -1.06. The molecule has 5 nitrogen and oxygen atoms in total. The molecule has 0 atom stereocenters. The van der Waals surface area contributed by atoms with E-state index in [2.05, 4.69) is 0 Å². The predicted octanol–water partition coefficient (Wildman–Crippen LogP) is 0.974. The lowest BCUT2D eigenvalue weighted by Gasteiger charge is -2.40. The highest BCUT2D eigenvalue weighted by atomic mass is 16.5. The molecule has 1 saturated carbocycles. The number of furan rings is 1. The number of carboxylic acid groups (broad SMARTS) is 1. The minimum absolute atomic E-state index is 0.0216. The maximum absolute atomic E-state index is 10.6. The van der Waals surface area contributed by atoms with Gasteiger partial charge in [0.25, 0.3) is 0 Å². The van der Waals surface area contributed by atoms with Gasteiger partial charge in [-0.1, -0.05) is 0 Å². The van der Waals surface area contributed by atoms with Gasteiger partial charge in [-0.25, -0.2) is 4.79 Å². The Morgan fingerprint density at radius 3 is 2.73 bits per heavy atom. The van der Waals surface area contributed by atoms with E-state index in [1.165, 1.54) is 12.1 Å². The van der Waals surface area contributed by atoms with Crippen molar-refractivity contribution in [1.29, 1.82) is 0 Å². The molecule has 2 N–H and O–H groups in total. The Labute approximate surface area is 86.3 Å². The highest BCUT2D eigenvalue weighted by Gasteiger charge is 2.46. The Balaban J connectivity index is 2.13. The summed E-state index contributed by atoms with van der Waals surface area (Å²) in [5, 5.41) is 18.7. The number of ether oxygens (including phenoxy) is 1. The van der Waals surface area contributed by atoms with E-state index in [1.54, 1.807) is 7.11 Å². The monoisotopic (exact) mass is 212 g/mol. The number of carboxylic acids is 1. The lowest BCUT2D eigenvalue weighted by atomic mass is 9.76. The molecule has 82 valence electrons. The van der Waals surface area contributed by atoms with Gasteiger partial charge in [-0.2, -0.15) is 0 Å². The molecule has 1 fully saturated rings. The SMILES string of the molecule is COC1CC(O)(c2ccc(C(=O)O)o2)C1. The van der Waals surface area contributed by atoms with Gasteiger partial charge >= 0.3 is 5.97 Å². The Bertz CT molecular complexity index is 375. The summed E-state index contributed by atoms with van der Waals surface area (Å²) in [6.07, 6.45) is 0.903. The van der Waals surface area contributed by atoms with E-state index in [4.69, 9.17) is 14.3 Å². The number of rotatable bonds is 3. The van der Waals surface area contributed by atoms with Gasteiger partial charge in [0.15, 0.2) is 0 Å². The fourth-order valence-electron chi connectivity index (χ4n) is 1.76. The van der Waals surface area contributed by atoms with Crippen LogP contribution in [0.15, 0.2) is 16.5 Å². The summed E-state index contributed by atoms with van der Waals surface area (Å²) in [6, 6.07) is 2.84. The van der Waals surface area contributed by atoms with Gasteiger partial charge in [0.2, 0.25) is 5.76 Å². The molecule has 1 aliphatic carbocycles. The Morgan fingerprint density at radius 2 is 2.27 bits per heavy atom. The quantitative estimate of drug-likeness (QED) is 0.780. The maximum atomic E-state index is 10.6. The standard InChI is InChI=1S/C10H12O5/c1-14-6-4-10(13,5-6)8-3-2-7(15-8)9(11)12/h2-3,6,13H,4-5H2,1H3,(H,11,12). The first-order valence-corrected chi connectivity index (χ1v) is 4.64. The molecule has 1 aliphatic rings. The summed E-state index contributed by atoms with van der Waals surface area (Å²) < 4.78 is 10.1. The van der Waals surface area contributed by atoms with Gasteiger partial charge in [0.1, 0.15) is 11.4 Å². The average molecular weight is 212 g/mol. The third-order valence-electron chi connectivity index (χ3n) is 2.74. The van der Waals surface area contributed by atoms with Crippen LogP contribution in [0.4, 0.5) is 0 Å². The summed E-state index contributed by atoms with van der Waals surface area (Å²) >= 11 is 0. The number of aliphatic hydroxyl groups is 1. The third-order valence-corrected chi connectivity index (χ3v) is 2.74. The van der Waals surface area contributed by atoms with Crippen LogP contribution in [0.5, 0.6) is 0 Å².